The number of esters is 1. The molecule has 5 heterocycles. The molecule has 3 aliphatic rings. The predicted molar refractivity (Wildman–Crippen MR) is 136 cm³/mol. The highest BCUT2D eigenvalue weighted by Crippen LogP contribution is 2.41. The van der Waals surface area contributed by atoms with Crippen LogP contribution in [0.2, 0.25) is 0 Å². The quantitative estimate of drug-likeness (QED) is 0.361. The second-order valence-corrected chi connectivity index (χ2v) is 10.6. The van der Waals surface area contributed by atoms with E-state index in [0.29, 0.717) is 41.1 Å². The van der Waals surface area contributed by atoms with Gasteiger partial charge in [-0.2, -0.15) is 0 Å². The molecule has 3 aliphatic heterocycles. The van der Waals surface area contributed by atoms with Crippen LogP contribution >= 0.6 is 0 Å². The first-order valence-corrected chi connectivity index (χ1v) is 12.9. The van der Waals surface area contributed by atoms with Crippen molar-refractivity contribution < 1.29 is 24.9 Å². The number of rotatable bonds is 4. The van der Waals surface area contributed by atoms with Gasteiger partial charge in [-0.05, 0) is 75.0 Å². The van der Waals surface area contributed by atoms with Crippen molar-refractivity contribution in [2.24, 2.45) is 5.92 Å². The minimum absolute atomic E-state index is 0.0900. The van der Waals surface area contributed by atoms with Crippen LogP contribution in [0.1, 0.15) is 55.4 Å². The highest BCUT2D eigenvalue weighted by Gasteiger charge is 2.45. The van der Waals surface area contributed by atoms with E-state index >= 15 is 0 Å². The van der Waals surface area contributed by atoms with Gasteiger partial charge in [0.2, 0.25) is 0 Å². The predicted octanol–water partition coefficient (Wildman–Crippen LogP) is 2.38. The number of cyclic esters (lactones) is 1. The van der Waals surface area contributed by atoms with Crippen molar-refractivity contribution in [2.45, 2.75) is 64.5 Å². The van der Waals surface area contributed by atoms with E-state index in [1.165, 1.54) is 0 Å². The van der Waals surface area contributed by atoms with Gasteiger partial charge in [-0.1, -0.05) is 6.92 Å². The van der Waals surface area contributed by atoms with Gasteiger partial charge in [-0.25, -0.2) is 9.78 Å². The SMILES string of the molecule is CC[C@@]1(O)C(=O)OCc2c1cc1n(c2=O)Cc2c-1nc1ccc(O)cc1c2CN1CCC([C@@H](C)O)CC1. The first-order valence-electron chi connectivity index (χ1n) is 12.9. The van der Waals surface area contributed by atoms with Gasteiger partial charge >= 0.3 is 5.97 Å². The number of hydrogen-bond acceptors (Lipinski definition) is 8. The van der Waals surface area contributed by atoms with Crippen LogP contribution in [0.25, 0.3) is 22.3 Å². The number of benzene rings is 1. The van der Waals surface area contributed by atoms with Gasteiger partial charge in [0.25, 0.3) is 5.56 Å². The number of ether oxygens (including phenoxy) is 1. The van der Waals surface area contributed by atoms with Gasteiger partial charge in [0.05, 0.1) is 35.1 Å². The Balaban J connectivity index is 1.49. The van der Waals surface area contributed by atoms with Crippen LogP contribution in [0, 0.1) is 5.92 Å². The highest BCUT2D eigenvalue weighted by molar-refractivity contribution is 5.89. The molecule has 3 N–H and O–H groups in total. The van der Waals surface area contributed by atoms with Crippen molar-refractivity contribution in [3.8, 4) is 17.1 Å². The molecule has 0 spiro atoms. The van der Waals surface area contributed by atoms with Crippen LogP contribution in [-0.2, 0) is 34.8 Å². The molecule has 194 valence electrons. The smallest absolute Gasteiger partial charge is 0.343 e. The second kappa shape index (κ2) is 8.65. The number of piperidine rings is 1. The van der Waals surface area contributed by atoms with Crippen molar-refractivity contribution in [2.75, 3.05) is 13.1 Å². The van der Waals surface area contributed by atoms with Crippen LogP contribution in [-0.4, -0.2) is 54.9 Å². The monoisotopic (exact) mass is 505 g/mol. The Bertz CT molecular complexity index is 1490. The summed E-state index contributed by atoms with van der Waals surface area (Å²) in [6, 6.07) is 6.82. The second-order valence-electron chi connectivity index (χ2n) is 10.6. The molecule has 0 bridgehead atoms. The summed E-state index contributed by atoms with van der Waals surface area (Å²) in [5.41, 5.74) is 2.27. The number of carbonyl (C=O) groups is 1. The van der Waals surface area contributed by atoms with Gasteiger partial charge in [0.1, 0.15) is 12.4 Å². The summed E-state index contributed by atoms with van der Waals surface area (Å²) in [7, 11) is 0. The molecule has 9 nitrogen and oxygen atoms in total. The third kappa shape index (κ3) is 3.67. The Hall–Kier alpha value is -3.27. The van der Waals surface area contributed by atoms with Gasteiger partial charge < -0.3 is 24.6 Å². The third-order valence-corrected chi connectivity index (χ3v) is 8.49. The lowest BCUT2D eigenvalue weighted by atomic mass is 9.86. The van der Waals surface area contributed by atoms with Gasteiger partial charge in [-0.15, -0.1) is 0 Å². The van der Waals surface area contributed by atoms with Crippen LogP contribution in [0.3, 0.4) is 0 Å². The van der Waals surface area contributed by atoms with E-state index in [1.807, 2.05) is 6.92 Å². The molecule has 0 saturated carbocycles. The van der Waals surface area contributed by atoms with E-state index in [0.717, 1.165) is 42.4 Å². The van der Waals surface area contributed by atoms with Gasteiger partial charge in [0, 0.05) is 23.1 Å². The molecule has 0 amide bonds. The Morgan fingerprint density at radius 1 is 1.19 bits per heavy atom. The van der Waals surface area contributed by atoms with Crippen molar-refractivity contribution in [3.05, 3.63) is 56.9 Å². The number of phenols is 1. The summed E-state index contributed by atoms with van der Waals surface area (Å²) in [5, 5.41) is 32.3. The highest BCUT2D eigenvalue weighted by atomic mass is 16.6. The molecule has 37 heavy (non-hydrogen) atoms. The maximum atomic E-state index is 13.6. The molecule has 0 radical (unpaired) electrons. The molecule has 2 atom stereocenters. The summed E-state index contributed by atoms with van der Waals surface area (Å²) in [4.78, 5) is 33.3. The van der Waals surface area contributed by atoms with Crippen molar-refractivity contribution >= 4 is 16.9 Å². The molecule has 9 heteroatoms. The number of aromatic hydroxyl groups is 1. The maximum absolute atomic E-state index is 13.6. The molecule has 0 aliphatic carbocycles. The average molecular weight is 506 g/mol. The summed E-state index contributed by atoms with van der Waals surface area (Å²) < 4.78 is 6.83. The number of fused-ring (bicyclic) bond motifs is 5. The number of aliphatic hydroxyl groups excluding tert-OH is 1. The number of aliphatic hydroxyl groups is 2. The lowest BCUT2D eigenvalue weighted by Gasteiger charge is -2.33. The van der Waals surface area contributed by atoms with Crippen molar-refractivity contribution in [1.82, 2.24) is 14.5 Å². The fourth-order valence-electron chi connectivity index (χ4n) is 6.15. The lowest BCUT2D eigenvalue weighted by Crippen LogP contribution is -2.44. The number of phenolic OH excluding ortho intramolecular Hbond substituents is 1. The summed E-state index contributed by atoms with van der Waals surface area (Å²) >= 11 is 0. The number of pyridine rings is 2. The van der Waals surface area contributed by atoms with Crippen LogP contribution in [0.15, 0.2) is 29.1 Å². The van der Waals surface area contributed by atoms with Gasteiger partial charge in [0.15, 0.2) is 5.60 Å². The van der Waals surface area contributed by atoms with E-state index in [4.69, 9.17) is 9.72 Å². The molecule has 1 fully saturated rings. The number of nitrogens with zero attached hydrogens (tertiary/aromatic N) is 3. The summed E-state index contributed by atoms with van der Waals surface area (Å²) in [6.07, 6.45) is 1.58. The molecule has 6 rings (SSSR count). The standard InChI is InChI=1S/C28H31N3O6/c1-3-28(36)22-11-24-25-20(13-31(24)26(34)21(22)14-37-27(28)35)19(18-10-17(33)4-5-23(18)29-25)12-30-8-6-16(7-9-30)15(2)32/h4-5,10-11,15-16,32-33,36H,3,6-9,12-14H2,1-2H3/t15-,28+/m1/s1. The van der Waals surface area contributed by atoms with E-state index in [-0.39, 0.29) is 36.4 Å². The summed E-state index contributed by atoms with van der Waals surface area (Å²) in [6.45, 7) is 5.99. The molecular formula is C28H31N3O6. The van der Waals surface area contributed by atoms with Gasteiger partial charge in [-0.3, -0.25) is 9.69 Å². The number of aromatic nitrogens is 2. The number of hydrogen-bond donors (Lipinski definition) is 3. The van der Waals surface area contributed by atoms with E-state index in [9.17, 15) is 24.9 Å². The Labute approximate surface area is 213 Å². The molecule has 0 unspecified atom stereocenters. The number of likely N-dealkylation sites (tertiary alicyclic amines) is 1. The average Bonchev–Trinajstić information content (AvgIpc) is 3.26. The molecule has 1 aromatic carbocycles. The first kappa shape index (κ1) is 24.1. The van der Waals surface area contributed by atoms with E-state index in [1.54, 1.807) is 35.8 Å². The topological polar surface area (TPSA) is 125 Å². The van der Waals surface area contributed by atoms with E-state index in [2.05, 4.69) is 4.90 Å². The Morgan fingerprint density at radius 3 is 2.65 bits per heavy atom. The molecule has 1 saturated heterocycles. The molecular weight excluding hydrogens is 474 g/mol. The zero-order valence-corrected chi connectivity index (χ0v) is 21.0. The molecule has 3 aromatic rings. The third-order valence-electron chi connectivity index (χ3n) is 8.49. The fraction of sp³-hybridized carbons (Fsp3) is 0.464. The Kier molecular flexibility index (Phi) is 5.63. The van der Waals surface area contributed by atoms with Crippen LogP contribution in [0.4, 0.5) is 0 Å². The van der Waals surface area contributed by atoms with E-state index < -0.39 is 11.6 Å². The first-order chi connectivity index (χ1) is 17.7. The largest absolute Gasteiger partial charge is 0.508 e. The zero-order valence-electron chi connectivity index (χ0n) is 21.0. The lowest BCUT2D eigenvalue weighted by molar-refractivity contribution is -0.172. The minimum atomic E-state index is -1.87. The van der Waals surface area contributed by atoms with Crippen LogP contribution < -0.4 is 5.56 Å². The van der Waals surface area contributed by atoms with Crippen molar-refractivity contribution in [1.29, 1.82) is 0 Å². The maximum Gasteiger partial charge on any atom is 0.343 e. The van der Waals surface area contributed by atoms with Crippen molar-refractivity contribution in [3.63, 3.8) is 0 Å². The fourth-order valence-corrected chi connectivity index (χ4v) is 6.15. The summed E-state index contributed by atoms with van der Waals surface area (Å²) in [5.74, 6) is -0.306. The number of carbonyl (C=O) groups excluding carboxylic acids is 1. The van der Waals surface area contributed by atoms with Crippen LogP contribution in [0.5, 0.6) is 5.75 Å². The minimum Gasteiger partial charge on any atom is -0.508 e. The molecule has 2 aromatic heterocycles. The zero-order chi connectivity index (χ0) is 26.1. The Morgan fingerprint density at radius 2 is 1.95 bits per heavy atom. The normalized spacial score (nSPS) is 22.4.